The van der Waals surface area contributed by atoms with Crippen molar-refractivity contribution < 1.29 is 0 Å². The van der Waals surface area contributed by atoms with Crippen LogP contribution in [0.4, 0.5) is 17.7 Å². The van der Waals surface area contributed by atoms with E-state index in [4.69, 9.17) is 0 Å². The van der Waals surface area contributed by atoms with Crippen LogP contribution in [0, 0.1) is 6.92 Å². The maximum Gasteiger partial charge on any atom is 0.225 e. The van der Waals surface area contributed by atoms with Crippen molar-refractivity contribution in [1.29, 1.82) is 0 Å². The van der Waals surface area contributed by atoms with E-state index in [1.54, 1.807) is 6.20 Å². The van der Waals surface area contributed by atoms with Crippen LogP contribution in [0.2, 0.25) is 0 Å². The molecule has 1 aliphatic rings. The molecular formula is C16H23N7. The van der Waals surface area contributed by atoms with Crippen molar-refractivity contribution in [1.82, 2.24) is 19.9 Å². The van der Waals surface area contributed by atoms with E-state index < -0.39 is 0 Å². The lowest BCUT2D eigenvalue weighted by molar-refractivity contribution is 0.520. The summed E-state index contributed by atoms with van der Waals surface area (Å²) in [6, 6.07) is 2.20. The molecule has 0 spiro atoms. The van der Waals surface area contributed by atoms with E-state index in [9.17, 15) is 0 Å². The summed E-state index contributed by atoms with van der Waals surface area (Å²) >= 11 is 0. The standard InChI is InChI=1S/C16H23N7/c1-12-9-18-16(19-10-12)23-8-4-5-13(11-23)20-15-17-7-6-14(21-15)22(2)3/h6-7,9-10,13H,4-5,8,11H2,1-3H3,(H,17,20,21). The number of nitrogens with one attached hydrogen (secondary N) is 1. The first-order valence-electron chi connectivity index (χ1n) is 7.92. The predicted molar refractivity (Wildman–Crippen MR) is 92.0 cm³/mol. The highest BCUT2D eigenvalue weighted by atomic mass is 15.3. The number of aryl methyl sites for hydroxylation is 1. The van der Waals surface area contributed by atoms with Crippen LogP contribution in [0.15, 0.2) is 24.7 Å². The van der Waals surface area contributed by atoms with Crippen LogP contribution in [-0.4, -0.2) is 53.2 Å². The molecule has 1 fully saturated rings. The zero-order valence-corrected chi connectivity index (χ0v) is 13.9. The fourth-order valence-corrected chi connectivity index (χ4v) is 2.68. The molecule has 0 saturated carbocycles. The van der Waals surface area contributed by atoms with Gasteiger partial charge in [-0.15, -0.1) is 0 Å². The van der Waals surface area contributed by atoms with Gasteiger partial charge in [0, 0.05) is 51.8 Å². The fraction of sp³-hybridized carbons (Fsp3) is 0.500. The Bertz CT molecular complexity index is 641. The summed E-state index contributed by atoms with van der Waals surface area (Å²) in [6.07, 6.45) is 7.71. The second-order valence-electron chi connectivity index (χ2n) is 6.12. The maximum atomic E-state index is 4.53. The largest absolute Gasteiger partial charge is 0.363 e. The number of rotatable bonds is 4. The van der Waals surface area contributed by atoms with E-state index >= 15 is 0 Å². The van der Waals surface area contributed by atoms with Gasteiger partial charge in [-0.2, -0.15) is 4.98 Å². The smallest absolute Gasteiger partial charge is 0.225 e. The molecule has 2 aromatic rings. The van der Waals surface area contributed by atoms with E-state index in [-0.39, 0.29) is 0 Å². The number of aromatic nitrogens is 4. The lowest BCUT2D eigenvalue weighted by Gasteiger charge is -2.33. The second kappa shape index (κ2) is 6.76. The fourth-order valence-electron chi connectivity index (χ4n) is 2.68. The van der Waals surface area contributed by atoms with Gasteiger partial charge in [-0.3, -0.25) is 0 Å². The monoisotopic (exact) mass is 313 g/mol. The van der Waals surface area contributed by atoms with Crippen LogP contribution in [0.5, 0.6) is 0 Å². The Labute approximate surface area is 136 Å². The molecule has 1 N–H and O–H groups in total. The van der Waals surface area contributed by atoms with Gasteiger partial charge in [-0.1, -0.05) is 0 Å². The third-order valence-electron chi connectivity index (χ3n) is 3.90. The molecule has 0 bridgehead atoms. The first-order chi connectivity index (χ1) is 11.1. The van der Waals surface area contributed by atoms with Gasteiger partial charge < -0.3 is 15.1 Å². The summed E-state index contributed by atoms with van der Waals surface area (Å²) in [7, 11) is 3.95. The van der Waals surface area contributed by atoms with Crippen molar-refractivity contribution in [2.75, 3.05) is 42.3 Å². The minimum absolute atomic E-state index is 0.297. The lowest BCUT2D eigenvalue weighted by atomic mass is 10.1. The van der Waals surface area contributed by atoms with Crippen LogP contribution >= 0.6 is 0 Å². The average Bonchev–Trinajstić information content (AvgIpc) is 2.56. The minimum atomic E-state index is 0.297. The number of anilines is 3. The second-order valence-corrected chi connectivity index (χ2v) is 6.12. The van der Waals surface area contributed by atoms with E-state index in [1.165, 1.54) is 0 Å². The molecule has 1 saturated heterocycles. The quantitative estimate of drug-likeness (QED) is 0.921. The maximum absolute atomic E-state index is 4.53. The molecule has 23 heavy (non-hydrogen) atoms. The molecule has 0 aromatic carbocycles. The summed E-state index contributed by atoms with van der Waals surface area (Å²) < 4.78 is 0. The van der Waals surface area contributed by atoms with Crippen molar-refractivity contribution in [2.24, 2.45) is 0 Å². The molecule has 3 heterocycles. The predicted octanol–water partition coefficient (Wildman–Crippen LogP) is 1.72. The number of nitrogens with zero attached hydrogens (tertiary/aromatic N) is 6. The molecule has 7 heteroatoms. The summed E-state index contributed by atoms with van der Waals surface area (Å²) in [5.41, 5.74) is 1.08. The molecule has 0 amide bonds. The highest BCUT2D eigenvalue weighted by Gasteiger charge is 2.22. The molecule has 3 rings (SSSR count). The Morgan fingerprint density at radius 3 is 2.74 bits per heavy atom. The normalized spacial score (nSPS) is 17.9. The minimum Gasteiger partial charge on any atom is -0.363 e. The Kier molecular flexibility index (Phi) is 4.55. The highest BCUT2D eigenvalue weighted by molar-refractivity contribution is 5.42. The van der Waals surface area contributed by atoms with Gasteiger partial charge in [0.1, 0.15) is 5.82 Å². The molecule has 122 valence electrons. The molecule has 1 atom stereocenters. The highest BCUT2D eigenvalue weighted by Crippen LogP contribution is 2.18. The Balaban J connectivity index is 1.67. The molecule has 0 radical (unpaired) electrons. The SMILES string of the molecule is Cc1cnc(N2CCCC(Nc3nccc(N(C)C)n3)C2)nc1. The van der Waals surface area contributed by atoms with E-state index in [2.05, 4.69) is 30.2 Å². The number of piperidine rings is 1. The van der Waals surface area contributed by atoms with Gasteiger partial charge in [0.15, 0.2) is 0 Å². The van der Waals surface area contributed by atoms with Gasteiger partial charge in [0.25, 0.3) is 0 Å². The average molecular weight is 313 g/mol. The topological polar surface area (TPSA) is 70.1 Å². The molecule has 7 nitrogen and oxygen atoms in total. The van der Waals surface area contributed by atoms with Crippen LogP contribution in [0.3, 0.4) is 0 Å². The molecule has 1 aliphatic heterocycles. The van der Waals surface area contributed by atoms with Crippen molar-refractivity contribution >= 4 is 17.7 Å². The van der Waals surface area contributed by atoms with Gasteiger partial charge in [-0.05, 0) is 31.4 Å². The first-order valence-corrected chi connectivity index (χ1v) is 7.92. The van der Waals surface area contributed by atoms with Gasteiger partial charge in [0.2, 0.25) is 11.9 Å². The molecular weight excluding hydrogens is 290 g/mol. The zero-order chi connectivity index (χ0) is 16.2. The molecule has 2 aromatic heterocycles. The van der Waals surface area contributed by atoms with Crippen molar-refractivity contribution in [2.45, 2.75) is 25.8 Å². The van der Waals surface area contributed by atoms with Crippen molar-refractivity contribution in [3.63, 3.8) is 0 Å². The molecule has 0 aliphatic carbocycles. The van der Waals surface area contributed by atoms with Crippen LogP contribution < -0.4 is 15.1 Å². The first kappa shape index (κ1) is 15.5. The Hall–Kier alpha value is -2.44. The summed E-state index contributed by atoms with van der Waals surface area (Å²) in [6.45, 7) is 3.85. The number of hydrogen-bond acceptors (Lipinski definition) is 7. The van der Waals surface area contributed by atoms with E-state index in [0.717, 1.165) is 43.3 Å². The Morgan fingerprint density at radius 1 is 1.22 bits per heavy atom. The van der Waals surface area contributed by atoms with Crippen LogP contribution in [-0.2, 0) is 0 Å². The molecule has 1 unspecified atom stereocenters. The van der Waals surface area contributed by atoms with Gasteiger partial charge in [-0.25, -0.2) is 15.0 Å². The number of hydrogen-bond donors (Lipinski definition) is 1. The van der Waals surface area contributed by atoms with Crippen LogP contribution in [0.1, 0.15) is 18.4 Å². The third-order valence-corrected chi connectivity index (χ3v) is 3.90. The third kappa shape index (κ3) is 3.85. The zero-order valence-electron chi connectivity index (χ0n) is 13.9. The van der Waals surface area contributed by atoms with E-state index in [0.29, 0.717) is 12.0 Å². The van der Waals surface area contributed by atoms with Gasteiger partial charge in [0.05, 0.1) is 0 Å². The van der Waals surface area contributed by atoms with E-state index in [1.807, 2.05) is 44.4 Å². The summed E-state index contributed by atoms with van der Waals surface area (Å²) in [4.78, 5) is 21.9. The van der Waals surface area contributed by atoms with Gasteiger partial charge >= 0.3 is 0 Å². The summed E-state index contributed by atoms with van der Waals surface area (Å²) in [5.74, 6) is 2.37. The Morgan fingerprint density at radius 2 is 2.00 bits per heavy atom. The lowest BCUT2D eigenvalue weighted by Crippen LogP contribution is -2.43. The summed E-state index contributed by atoms with van der Waals surface area (Å²) in [5, 5.41) is 3.44. The van der Waals surface area contributed by atoms with Crippen molar-refractivity contribution in [3.8, 4) is 0 Å². The van der Waals surface area contributed by atoms with Crippen LogP contribution in [0.25, 0.3) is 0 Å². The van der Waals surface area contributed by atoms with Crippen molar-refractivity contribution in [3.05, 3.63) is 30.2 Å².